The number of phosphoric ester groups is 2. The number of esters is 2. The summed E-state index contributed by atoms with van der Waals surface area (Å²) >= 11 is 0. The van der Waals surface area contributed by atoms with Gasteiger partial charge >= 0.3 is 27.6 Å². The fraction of sp³-hybridized carbons (Fsp3) is 0.888. The minimum absolute atomic E-state index is 0.0531. The highest BCUT2D eigenvalue weighted by Crippen LogP contribution is 2.44. The number of hydrogen-bond acceptors (Lipinski definition) is 16. The first-order valence-corrected chi connectivity index (χ1v) is 49.1. The van der Waals surface area contributed by atoms with Crippen molar-refractivity contribution < 1.29 is 84.7 Å². The predicted molar refractivity (Wildman–Crippen MR) is 459 cm³/mol. The van der Waals surface area contributed by atoms with Gasteiger partial charge in [-0.15, -0.1) is 0 Å². The summed E-state index contributed by atoms with van der Waals surface area (Å²) in [6.45, 7) is 11.2. The summed E-state index contributed by atoms with van der Waals surface area (Å²) in [5, 5.41) is 10.7. The number of nitrogens with one attached hydrogen (secondary N) is 4. The summed E-state index contributed by atoms with van der Waals surface area (Å²) < 4.78 is 71.6. The lowest BCUT2D eigenvalue weighted by Gasteiger charge is -2.22. The van der Waals surface area contributed by atoms with E-state index in [0.717, 1.165) is 128 Å². The Kier molecular flexibility index (Phi) is 79.6. The molecule has 4 amide bonds. The summed E-state index contributed by atoms with van der Waals surface area (Å²) in [6.07, 6.45) is 66.8. The molecule has 0 aromatic carbocycles. The summed E-state index contributed by atoms with van der Waals surface area (Å²) in [4.78, 5) is 99.7. The molecule has 6 unspecified atom stereocenters. The Morgan fingerprint density at radius 3 is 0.885 bits per heavy atom. The lowest BCUT2D eigenvalue weighted by atomic mass is 10.0. The van der Waals surface area contributed by atoms with Gasteiger partial charge in [0.2, 0.25) is 23.6 Å². The number of hydrogen-bond donors (Lipinski definition) is 6. The zero-order valence-electron chi connectivity index (χ0n) is 72.7. The lowest BCUT2D eigenvalue weighted by Crippen LogP contribution is -2.41. The number of amides is 4. The molecule has 0 bridgehead atoms. The van der Waals surface area contributed by atoms with Gasteiger partial charge in [0, 0.05) is 51.6 Å². The second-order valence-corrected chi connectivity index (χ2v) is 34.3. The second-order valence-electron chi connectivity index (χ2n) is 31.4. The molecule has 0 aliphatic rings. The van der Waals surface area contributed by atoms with Crippen molar-refractivity contribution in [3.8, 4) is 0 Å². The van der Waals surface area contributed by atoms with Crippen LogP contribution in [0.2, 0.25) is 0 Å². The van der Waals surface area contributed by atoms with Crippen molar-refractivity contribution in [2.24, 2.45) is 0 Å². The SMILES string of the molecule is CCCCCC/C=C\CCCC(=O)OC(CCCCCCC)CCOCC(COP(=O)(O)OCCNC(=O)CC(=O)NCCOP(=O)(O)OCC(COCCC(CCCCCCC)OC(=O)CCC/C=C\CCCCCC)NC(=O)CCCCCCCCCCCCCCC)NC(=O)CCCCCCCCCCCCCCC. The van der Waals surface area contributed by atoms with Crippen LogP contribution in [-0.2, 0) is 74.9 Å². The summed E-state index contributed by atoms with van der Waals surface area (Å²) in [5.74, 6) is -2.44. The second kappa shape index (κ2) is 82.2. The number of carbonyl (C=O) groups is 6. The van der Waals surface area contributed by atoms with Crippen molar-refractivity contribution >= 4 is 51.2 Å². The monoisotopic (exact) mass is 1650 g/mol. The van der Waals surface area contributed by atoms with Gasteiger partial charge in [-0.25, -0.2) is 9.13 Å². The van der Waals surface area contributed by atoms with Gasteiger partial charge in [-0.2, -0.15) is 0 Å². The van der Waals surface area contributed by atoms with E-state index >= 15 is 0 Å². The van der Waals surface area contributed by atoms with Crippen LogP contribution < -0.4 is 21.3 Å². The smallest absolute Gasteiger partial charge is 0.462 e. The zero-order valence-corrected chi connectivity index (χ0v) is 74.5. The fourth-order valence-electron chi connectivity index (χ4n) is 13.3. The predicted octanol–water partition coefficient (Wildman–Crippen LogP) is 22.6. The van der Waals surface area contributed by atoms with E-state index in [0.29, 0.717) is 64.2 Å². The van der Waals surface area contributed by atoms with Gasteiger partial charge in [-0.05, 0) is 89.9 Å². The van der Waals surface area contributed by atoms with E-state index in [1.807, 2.05) is 0 Å². The molecular formula is C89H170N4O18P2. The van der Waals surface area contributed by atoms with Crippen LogP contribution in [0.3, 0.4) is 0 Å². The molecule has 0 aliphatic carbocycles. The number of allylic oxidation sites excluding steroid dienone is 4. The lowest BCUT2D eigenvalue weighted by molar-refractivity contribution is -0.151. The Bertz CT molecular complexity index is 2230. The molecular weight excluding hydrogens is 1470 g/mol. The molecule has 0 saturated carbocycles. The number of unbranched alkanes of at least 4 members (excludes halogenated alkanes) is 42. The van der Waals surface area contributed by atoms with E-state index in [2.05, 4.69) is 87.1 Å². The topological polar surface area (TPSA) is 299 Å². The molecule has 0 aromatic rings. The summed E-state index contributed by atoms with van der Waals surface area (Å²) in [5.41, 5.74) is 0. The average Bonchev–Trinajstić information content (AvgIpc) is 0.911. The third kappa shape index (κ3) is 79.3. The van der Waals surface area contributed by atoms with E-state index in [1.54, 1.807) is 0 Å². The largest absolute Gasteiger partial charge is 0.472 e. The van der Waals surface area contributed by atoms with Crippen molar-refractivity contribution in [2.45, 2.75) is 445 Å². The Labute approximate surface area is 688 Å². The molecule has 6 atom stereocenters. The Morgan fingerprint density at radius 2 is 0.575 bits per heavy atom. The molecule has 0 aromatic heterocycles. The Hall–Kier alpha value is -3.56. The molecule has 0 heterocycles. The maximum atomic E-state index is 13.3. The van der Waals surface area contributed by atoms with Crippen LogP contribution in [0, 0.1) is 0 Å². The standard InChI is InChI=1S/C89H170N4O18P2/c1-7-13-19-25-29-33-35-37-39-43-45-51-57-63-84(94)92-80(76-104-71-67-82(61-55-49-23-17-11-5)110-88(98)65-59-53-47-41-31-27-21-15-9-3)78-108-112(100,101)106-73-69-90-86(96)75-87(97)91-70-74-107-113(102,103)109-79-81(93-85(95)64-58-52-46-44-40-38-36-34-30-26-20-14-8-2)77-105-72-68-83(62-56-50-24-18-12-6)111-89(99)66-60-54-48-42-32-28-22-16-10-4/h41-42,47-48,80-83H,7-40,43-46,49-79H2,1-6H3,(H,90,96)(H,91,97)(H,92,94)(H,93,95)(H,100,101)(H,102,103)/b47-41-,48-42-. The van der Waals surface area contributed by atoms with E-state index < -0.39 is 72.4 Å². The minimum Gasteiger partial charge on any atom is -0.462 e. The molecule has 0 rings (SSSR count). The highest BCUT2D eigenvalue weighted by molar-refractivity contribution is 7.47. The molecule has 664 valence electrons. The molecule has 113 heavy (non-hydrogen) atoms. The first-order valence-electron chi connectivity index (χ1n) is 46.1. The first kappa shape index (κ1) is 109. The van der Waals surface area contributed by atoms with Crippen molar-refractivity contribution in [1.29, 1.82) is 0 Å². The number of ether oxygens (including phenoxy) is 4. The Balaban J connectivity index is 5.58. The van der Waals surface area contributed by atoms with Gasteiger partial charge in [0.25, 0.3) is 0 Å². The molecule has 6 N–H and O–H groups in total. The molecule has 0 saturated heterocycles. The normalized spacial score (nSPS) is 13.9. The van der Waals surface area contributed by atoms with Gasteiger partial charge in [0.1, 0.15) is 18.6 Å². The van der Waals surface area contributed by atoms with E-state index in [-0.39, 0.29) is 88.3 Å². The third-order valence-corrected chi connectivity index (χ3v) is 22.2. The van der Waals surface area contributed by atoms with Crippen molar-refractivity contribution in [3.05, 3.63) is 24.3 Å². The van der Waals surface area contributed by atoms with Crippen LogP contribution in [0.25, 0.3) is 0 Å². The van der Waals surface area contributed by atoms with Crippen LogP contribution in [-0.4, -0.2) is 136 Å². The molecule has 0 spiro atoms. The van der Waals surface area contributed by atoms with Gasteiger partial charge < -0.3 is 50.0 Å². The highest BCUT2D eigenvalue weighted by Gasteiger charge is 2.27. The fourth-order valence-corrected chi connectivity index (χ4v) is 14.8. The third-order valence-electron chi connectivity index (χ3n) is 20.2. The van der Waals surface area contributed by atoms with Gasteiger partial charge in [0.05, 0.1) is 64.9 Å². The van der Waals surface area contributed by atoms with Crippen LogP contribution >= 0.6 is 15.6 Å². The molecule has 22 nitrogen and oxygen atoms in total. The minimum atomic E-state index is -4.74. The zero-order chi connectivity index (χ0) is 82.9. The molecule has 24 heteroatoms. The molecule has 0 radical (unpaired) electrons. The number of rotatable bonds is 88. The maximum absolute atomic E-state index is 13.3. The van der Waals surface area contributed by atoms with Crippen LogP contribution in [0.1, 0.15) is 420 Å². The van der Waals surface area contributed by atoms with E-state index in [9.17, 15) is 47.7 Å². The molecule has 0 fully saturated rings. The van der Waals surface area contributed by atoms with Gasteiger partial charge in [0.15, 0.2) is 0 Å². The van der Waals surface area contributed by atoms with Crippen molar-refractivity contribution in [1.82, 2.24) is 21.3 Å². The van der Waals surface area contributed by atoms with Crippen LogP contribution in [0.15, 0.2) is 24.3 Å². The maximum Gasteiger partial charge on any atom is 0.472 e. The van der Waals surface area contributed by atoms with Gasteiger partial charge in [-0.1, -0.05) is 310 Å². The van der Waals surface area contributed by atoms with E-state index in [1.165, 1.54) is 167 Å². The van der Waals surface area contributed by atoms with Crippen LogP contribution in [0.4, 0.5) is 0 Å². The Morgan fingerprint density at radius 1 is 0.301 bits per heavy atom. The summed E-state index contributed by atoms with van der Waals surface area (Å²) in [7, 11) is -9.48. The number of phosphoric acid groups is 2. The van der Waals surface area contributed by atoms with E-state index in [4.69, 9.17) is 37.0 Å². The van der Waals surface area contributed by atoms with Crippen molar-refractivity contribution in [2.75, 3.05) is 65.9 Å². The first-order chi connectivity index (χ1) is 54.9. The summed E-state index contributed by atoms with van der Waals surface area (Å²) in [6, 6.07) is -1.65. The highest BCUT2D eigenvalue weighted by atomic mass is 31.2. The molecule has 0 aliphatic heterocycles. The van der Waals surface area contributed by atoms with Crippen LogP contribution in [0.5, 0.6) is 0 Å². The average molecular weight is 1650 g/mol. The van der Waals surface area contributed by atoms with Crippen molar-refractivity contribution in [3.63, 3.8) is 0 Å². The number of carbonyl (C=O) groups excluding carboxylic acids is 6. The quantitative estimate of drug-likeness (QED) is 0.0108. The van der Waals surface area contributed by atoms with Gasteiger partial charge in [-0.3, -0.25) is 46.9 Å².